The van der Waals surface area contributed by atoms with Crippen LogP contribution in [-0.4, -0.2) is 5.75 Å². The monoisotopic (exact) mass is 207 g/mol. The van der Waals surface area contributed by atoms with E-state index in [1.54, 1.807) is 18.2 Å². The van der Waals surface area contributed by atoms with Gasteiger partial charge < -0.3 is 0 Å². The Labute approximate surface area is 87.7 Å². The van der Waals surface area contributed by atoms with Gasteiger partial charge >= 0.3 is 0 Å². The predicted octanol–water partition coefficient (Wildman–Crippen LogP) is 2.49. The molecule has 64 valence electrons. The van der Waals surface area contributed by atoms with Crippen LogP contribution in [0.15, 0.2) is 18.2 Å². The second kappa shape index (κ2) is 4.82. The first-order chi connectivity index (χ1) is 6.27. The summed E-state index contributed by atoms with van der Waals surface area (Å²) in [6.07, 6.45) is 0. The van der Waals surface area contributed by atoms with Gasteiger partial charge in [0.15, 0.2) is 0 Å². The SMILES string of the molecule is N#Cc1ccc(C#CCS)cc1Cl. The van der Waals surface area contributed by atoms with Gasteiger partial charge in [0.1, 0.15) is 6.07 Å². The highest BCUT2D eigenvalue weighted by molar-refractivity contribution is 7.80. The maximum atomic E-state index is 8.60. The zero-order chi connectivity index (χ0) is 9.68. The number of hydrogen-bond acceptors (Lipinski definition) is 2. The largest absolute Gasteiger partial charge is 0.192 e. The lowest BCUT2D eigenvalue weighted by atomic mass is 10.1. The molecule has 0 aliphatic carbocycles. The number of nitrogens with zero attached hydrogens (tertiary/aromatic N) is 1. The first-order valence-electron chi connectivity index (χ1n) is 3.57. The molecule has 3 heteroatoms. The van der Waals surface area contributed by atoms with E-state index in [2.05, 4.69) is 24.5 Å². The molecule has 1 nitrogen and oxygen atoms in total. The molecule has 0 radical (unpaired) electrons. The minimum atomic E-state index is 0.438. The standard InChI is InChI=1S/C10H6ClNS/c11-10-6-8(2-1-5-13)3-4-9(10)7-12/h3-4,6,13H,5H2. The maximum Gasteiger partial charge on any atom is 0.101 e. The fourth-order valence-electron chi connectivity index (χ4n) is 0.825. The van der Waals surface area contributed by atoms with E-state index in [-0.39, 0.29) is 0 Å². The first kappa shape index (κ1) is 9.99. The highest BCUT2D eigenvalue weighted by Crippen LogP contribution is 2.16. The average molecular weight is 208 g/mol. The molecule has 0 spiro atoms. The van der Waals surface area contributed by atoms with Gasteiger partial charge in [-0.3, -0.25) is 0 Å². The lowest BCUT2D eigenvalue weighted by Crippen LogP contribution is -1.79. The summed E-state index contributed by atoms with van der Waals surface area (Å²) in [5.41, 5.74) is 1.27. The summed E-state index contributed by atoms with van der Waals surface area (Å²) in [5.74, 6) is 6.18. The maximum absolute atomic E-state index is 8.60. The molecule has 0 aliphatic heterocycles. The van der Waals surface area contributed by atoms with E-state index in [1.807, 2.05) is 6.07 Å². The zero-order valence-electron chi connectivity index (χ0n) is 6.71. The lowest BCUT2D eigenvalue weighted by molar-refractivity contribution is 1.48. The molecule has 0 N–H and O–H groups in total. The van der Waals surface area contributed by atoms with Crippen LogP contribution in [0.1, 0.15) is 11.1 Å². The molecule has 0 saturated carbocycles. The van der Waals surface area contributed by atoms with Crippen LogP contribution in [0.25, 0.3) is 0 Å². The third-order valence-corrected chi connectivity index (χ3v) is 1.87. The quantitative estimate of drug-likeness (QED) is 0.513. The van der Waals surface area contributed by atoms with Crippen molar-refractivity contribution >= 4 is 24.2 Å². The Balaban J connectivity index is 3.04. The van der Waals surface area contributed by atoms with Crippen molar-refractivity contribution in [3.63, 3.8) is 0 Å². The van der Waals surface area contributed by atoms with E-state index in [1.165, 1.54) is 0 Å². The van der Waals surface area contributed by atoms with Crippen molar-refractivity contribution in [3.05, 3.63) is 34.3 Å². The van der Waals surface area contributed by atoms with E-state index in [0.29, 0.717) is 16.3 Å². The molecule has 1 rings (SSSR count). The minimum Gasteiger partial charge on any atom is -0.192 e. The Morgan fingerprint density at radius 1 is 1.46 bits per heavy atom. The van der Waals surface area contributed by atoms with Crippen molar-refractivity contribution in [2.24, 2.45) is 0 Å². The number of nitriles is 1. The van der Waals surface area contributed by atoms with Crippen LogP contribution in [0, 0.1) is 23.2 Å². The number of rotatable bonds is 0. The molecule has 0 atom stereocenters. The van der Waals surface area contributed by atoms with E-state index >= 15 is 0 Å². The normalized spacial score (nSPS) is 8.38. The lowest BCUT2D eigenvalue weighted by Gasteiger charge is -1.94. The Hall–Kier alpha value is -1.09. The summed E-state index contributed by atoms with van der Waals surface area (Å²) in [7, 11) is 0. The van der Waals surface area contributed by atoms with Gasteiger partial charge in [0.25, 0.3) is 0 Å². The molecular weight excluding hydrogens is 202 g/mol. The molecule has 0 unspecified atom stereocenters. The smallest absolute Gasteiger partial charge is 0.101 e. The average Bonchev–Trinajstić information content (AvgIpc) is 2.15. The summed E-state index contributed by atoms with van der Waals surface area (Å²) in [6, 6.07) is 7.08. The fraction of sp³-hybridized carbons (Fsp3) is 0.100. The van der Waals surface area contributed by atoms with E-state index in [0.717, 1.165) is 5.56 Å². The van der Waals surface area contributed by atoms with Crippen molar-refractivity contribution in [2.45, 2.75) is 0 Å². The third-order valence-electron chi connectivity index (χ3n) is 1.40. The Morgan fingerprint density at radius 3 is 2.77 bits per heavy atom. The zero-order valence-corrected chi connectivity index (χ0v) is 8.36. The number of benzene rings is 1. The van der Waals surface area contributed by atoms with Crippen LogP contribution in [-0.2, 0) is 0 Å². The van der Waals surface area contributed by atoms with E-state index < -0.39 is 0 Å². The van der Waals surface area contributed by atoms with Crippen molar-refractivity contribution in [1.29, 1.82) is 5.26 Å². The van der Waals surface area contributed by atoms with Crippen LogP contribution < -0.4 is 0 Å². The Kier molecular flexibility index (Phi) is 3.71. The summed E-state index contributed by atoms with van der Waals surface area (Å²) in [6.45, 7) is 0. The molecule has 0 amide bonds. The van der Waals surface area contributed by atoms with Crippen LogP contribution in [0.2, 0.25) is 5.02 Å². The van der Waals surface area contributed by atoms with Gasteiger partial charge in [-0.05, 0) is 18.2 Å². The van der Waals surface area contributed by atoms with Gasteiger partial charge in [0.2, 0.25) is 0 Å². The molecule has 0 aliphatic rings. The number of halogens is 1. The molecule has 0 saturated heterocycles. The van der Waals surface area contributed by atoms with Crippen molar-refractivity contribution < 1.29 is 0 Å². The second-order valence-corrected chi connectivity index (χ2v) is 2.99. The van der Waals surface area contributed by atoms with Crippen molar-refractivity contribution in [2.75, 3.05) is 5.75 Å². The third kappa shape index (κ3) is 2.70. The number of thiol groups is 1. The topological polar surface area (TPSA) is 23.8 Å². The molecule has 1 aromatic rings. The van der Waals surface area contributed by atoms with Crippen LogP contribution in [0.4, 0.5) is 0 Å². The summed E-state index contributed by atoms with van der Waals surface area (Å²) in [5, 5.41) is 9.04. The molecule has 1 aromatic carbocycles. The van der Waals surface area contributed by atoms with E-state index in [4.69, 9.17) is 16.9 Å². The van der Waals surface area contributed by atoms with Gasteiger partial charge in [-0.25, -0.2) is 0 Å². The van der Waals surface area contributed by atoms with Gasteiger partial charge in [-0.2, -0.15) is 17.9 Å². The second-order valence-electron chi connectivity index (χ2n) is 2.27. The molecule has 0 bridgehead atoms. The first-order valence-corrected chi connectivity index (χ1v) is 4.58. The molecule has 0 aromatic heterocycles. The van der Waals surface area contributed by atoms with Gasteiger partial charge in [0, 0.05) is 5.56 Å². The highest BCUT2D eigenvalue weighted by atomic mass is 35.5. The predicted molar refractivity (Wildman–Crippen MR) is 56.9 cm³/mol. The van der Waals surface area contributed by atoms with Crippen LogP contribution in [0.5, 0.6) is 0 Å². The van der Waals surface area contributed by atoms with Crippen LogP contribution in [0.3, 0.4) is 0 Å². The Bertz CT molecular complexity index is 409. The summed E-state index contributed by atoms with van der Waals surface area (Å²) >= 11 is 9.76. The highest BCUT2D eigenvalue weighted by Gasteiger charge is 1.98. The summed E-state index contributed by atoms with van der Waals surface area (Å²) < 4.78 is 0. The van der Waals surface area contributed by atoms with E-state index in [9.17, 15) is 0 Å². The summed E-state index contributed by atoms with van der Waals surface area (Å²) in [4.78, 5) is 0. The van der Waals surface area contributed by atoms with Crippen molar-refractivity contribution in [1.82, 2.24) is 0 Å². The number of hydrogen-bond donors (Lipinski definition) is 1. The van der Waals surface area contributed by atoms with Gasteiger partial charge in [-0.1, -0.05) is 23.4 Å². The van der Waals surface area contributed by atoms with Crippen LogP contribution >= 0.6 is 24.2 Å². The molecular formula is C10H6ClNS. The Morgan fingerprint density at radius 2 is 2.23 bits per heavy atom. The minimum absolute atomic E-state index is 0.438. The molecule has 0 fully saturated rings. The fourth-order valence-corrected chi connectivity index (χ4v) is 1.13. The van der Waals surface area contributed by atoms with Gasteiger partial charge in [0.05, 0.1) is 16.3 Å². The van der Waals surface area contributed by atoms with Crippen molar-refractivity contribution in [3.8, 4) is 17.9 Å². The molecule has 13 heavy (non-hydrogen) atoms. The molecule has 0 heterocycles. The van der Waals surface area contributed by atoms with Gasteiger partial charge in [-0.15, -0.1) is 0 Å².